The molecule has 0 saturated carbocycles. The lowest BCUT2D eigenvalue weighted by Gasteiger charge is -2.12. The van der Waals surface area contributed by atoms with Crippen LogP contribution in [0.25, 0.3) is 0 Å². The van der Waals surface area contributed by atoms with Gasteiger partial charge in [-0.15, -0.1) is 10.2 Å². The molecule has 134 valence electrons. The maximum atomic E-state index is 4.68. The SMILES string of the molecule is CCNC(=NCc1ccc(C)cc1)NCc1nnc2n1CCCCC2. The third kappa shape index (κ3) is 4.81. The average molecular weight is 340 g/mol. The molecule has 0 amide bonds. The van der Waals surface area contributed by atoms with Crippen LogP contribution in [-0.4, -0.2) is 27.3 Å². The van der Waals surface area contributed by atoms with Crippen molar-refractivity contribution in [3.8, 4) is 0 Å². The van der Waals surface area contributed by atoms with E-state index in [1.54, 1.807) is 0 Å². The van der Waals surface area contributed by atoms with Crippen molar-refractivity contribution in [2.75, 3.05) is 6.54 Å². The van der Waals surface area contributed by atoms with E-state index in [0.29, 0.717) is 13.1 Å². The van der Waals surface area contributed by atoms with Crippen molar-refractivity contribution in [3.63, 3.8) is 0 Å². The first-order valence-corrected chi connectivity index (χ1v) is 9.25. The van der Waals surface area contributed by atoms with Gasteiger partial charge in [0.1, 0.15) is 5.82 Å². The number of hydrogen-bond acceptors (Lipinski definition) is 3. The van der Waals surface area contributed by atoms with Crippen molar-refractivity contribution in [3.05, 3.63) is 47.0 Å². The van der Waals surface area contributed by atoms with E-state index in [0.717, 1.165) is 37.1 Å². The highest BCUT2D eigenvalue weighted by Crippen LogP contribution is 2.14. The molecule has 25 heavy (non-hydrogen) atoms. The number of guanidine groups is 1. The van der Waals surface area contributed by atoms with Crippen LogP contribution in [-0.2, 0) is 26.1 Å². The van der Waals surface area contributed by atoms with Crippen LogP contribution in [0.2, 0.25) is 0 Å². The molecule has 2 aromatic rings. The summed E-state index contributed by atoms with van der Waals surface area (Å²) in [4.78, 5) is 4.68. The number of aryl methyl sites for hydroxylation is 2. The Morgan fingerprint density at radius 1 is 1.12 bits per heavy atom. The number of aliphatic imine (C=N–C) groups is 1. The van der Waals surface area contributed by atoms with Crippen molar-refractivity contribution >= 4 is 5.96 Å². The number of nitrogens with one attached hydrogen (secondary N) is 2. The number of nitrogens with zero attached hydrogens (tertiary/aromatic N) is 4. The van der Waals surface area contributed by atoms with E-state index in [1.165, 1.54) is 30.4 Å². The molecule has 1 aliphatic rings. The molecular weight excluding hydrogens is 312 g/mol. The van der Waals surface area contributed by atoms with Crippen LogP contribution in [0.3, 0.4) is 0 Å². The minimum Gasteiger partial charge on any atom is -0.357 e. The van der Waals surface area contributed by atoms with Gasteiger partial charge in [-0.1, -0.05) is 36.2 Å². The standard InChI is InChI=1S/C19H28N6/c1-3-20-19(21-13-16-10-8-15(2)9-11-16)22-14-18-24-23-17-7-5-4-6-12-25(17)18/h8-11H,3-7,12-14H2,1-2H3,(H2,20,21,22). The molecule has 0 radical (unpaired) electrons. The van der Waals surface area contributed by atoms with Gasteiger partial charge in [0.25, 0.3) is 0 Å². The molecule has 6 heteroatoms. The van der Waals surface area contributed by atoms with Gasteiger partial charge < -0.3 is 15.2 Å². The van der Waals surface area contributed by atoms with Crippen LogP contribution in [0.15, 0.2) is 29.3 Å². The number of fused-ring (bicyclic) bond motifs is 1. The molecule has 3 rings (SSSR count). The van der Waals surface area contributed by atoms with E-state index >= 15 is 0 Å². The molecular formula is C19H28N6. The minimum absolute atomic E-state index is 0.646. The van der Waals surface area contributed by atoms with Crippen LogP contribution in [0.1, 0.15) is 49.0 Å². The lowest BCUT2D eigenvalue weighted by atomic mass is 10.1. The highest BCUT2D eigenvalue weighted by Gasteiger charge is 2.14. The van der Waals surface area contributed by atoms with E-state index in [9.17, 15) is 0 Å². The second kappa shape index (κ2) is 8.65. The quantitative estimate of drug-likeness (QED) is 0.648. The normalized spacial score (nSPS) is 14.7. The Morgan fingerprint density at radius 2 is 1.96 bits per heavy atom. The Kier molecular flexibility index (Phi) is 6.04. The van der Waals surface area contributed by atoms with Crippen molar-refractivity contribution in [1.82, 2.24) is 25.4 Å². The molecule has 1 aliphatic heterocycles. The highest BCUT2D eigenvalue weighted by atomic mass is 15.3. The van der Waals surface area contributed by atoms with Crippen molar-refractivity contribution in [1.29, 1.82) is 0 Å². The molecule has 0 aliphatic carbocycles. The maximum absolute atomic E-state index is 4.68. The van der Waals surface area contributed by atoms with Crippen LogP contribution < -0.4 is 10.6 Å². The molecule has 2 heterocycles. The smallest absolute Gasteiger partial charge is 0.191 e. The summed E-state index contributed by atoms with van der Waals surface area (Å²) in [5.41, 5.74) is 2.48. The van der Waals surface area contributed by atoms with Crippen LogP contribution in [0.4, 0.5) is 0 Å². The number of benzene rings is 1. The predicted molar refractivity (Wildman–Crippen MR) is 100 cm³/mol. The molecule has 0 bridgehead atoms. The summed E-state index contributed by atoms with van der Waals surface area (Å²) in [6, 6.07) is 8.49. The second-order valence-electron chi connectivity index (χ2n) is 6.53. The fourth-order valence-electron chi connectivity index (χ4n) is 3.04. The average Bonchev–Trinajstić information content (AvgIpc) is 2.85. The van der Waals surface area contributed by atoms with Gasteiger partial charge in [-0.3, -0.25) is 0 Å². The van der Waals surface area contributed by atoms with Gasteiger partial charge >= 0.3 is 0 Å². The van der Waals surface area contributed by atoms with Gasteiger partial charge in [0, 0.05) is 19.5 Å². The lowest BCUT2D eigenvalue weighted by molar-refractivity contribution is 0.596. The molecule has 0 unspecified atom stereocenters. The summed E-state index contributed by atoms with van der Waals surface area (Å²) in [6.07, 6.45) is 4.73. The third-order valence-electron chi connectivity index (χ3n) is 4.48. The third-order valence-corrected chi connectivity index (χ3v) is 4.48. The highest BCUT2D eigenvalue weighted by molar-refractivity contribution is 5.79. The number of hydrogen-bond donors (Lipinski definition) is 2. The first-order valence-electron chi connectivity index (χ1n) is 9.25. The van der Waals surface area contributed by atoms with Gasteiger partial charge in [-0.25, -0.2) is 4.99 Å². The molecule has 1 aromatic heterocycles. The van der Waals surface area contributed by atoms with Gasteiger partial charge in [0.15, 0.2) is 11.8 Å². The molecule has 0 saturated heterocycles. The van der Waals surface area contributed by atoms with Gasteiger partial charge in [-0.2, -0.15) is 0 Å². The monoisotopic (exact) mass is 340 g/mol. The van der Waals surface area contributed by atoms with Crippen LogP contribution in [0.5, 0.6) is 0 Å². The van der Waals surface area contributed by atoms with E-state index < -0.39 is 0 Å². The second-order valence-corrected chi connectivity index (χ2v) is 6.53. The van der Waals surface area contributed by atoms with Crippen molar-refractivity contribution in [2.45, 2.75) is 59.2 Å². The zero-order valence-corrected chi connectivity index (χ0v) is 15.3. The van der Waals surface area contributed by atoms with E-state index in [2.05, 4.69) is 68.5 Å². The Labute approximate surface area is 149 Å². The molecule has 0 atom stereocenters. The Balaban J connectivity index is 1.63. The zero-order chi connectivity index (χ0) is 17.5. The zero-order valence-electron chi connectivity index (χ0n) is 15.3. The van der Waals surface area contributed by atoms with Crippen molar-refractivity contribution < 1.29 is 0 Å². The Bertz CT molecular complexity index is 701. The summed E-state index contributed by atoms with van der Waals surface area (Å²) in [6.45, 7) is 7.33. The maximum Gasteiger partial charge on any atom is 0.191 e. The van der Waals surface area contributed by atoms with E-state index in [-0.39, 0.29) is 0 Å². The largest absolute Gasteiger partial charge is 0.357 e. The summed E-state index contributed by atoms with van der Waals surface area (Å²) in [5, 5.41) is 15.4. The fraction of sp³-hybridized carbons (Fsp3) is 0.526. The Hall–Kier alpha value is -2.37. The molecule has 0 fully saturated rings. The van der Waals surface area contributed by atoms with E-state index in [4.69, 9.17) is 0 Å². The summed E-state index contributed by atoms with van der Waals surface area (Å²) < 4.78 is 2.27. The molecule has 0 spiro atoms. The molecule has 1 aromatic carbocycles. The summed E-state index contributed by atoms with van der Waals surface area (Å²) >= 11 is 0. The minimum atomic E-state index is 0.646. The number of aromatic nitrogens is 3. The first-order chi connectivity index (χ1) is 12.3. The summed E-state index contributed by atoms with van der Waals surface area (Å²) in [7, 11) is 0. The van der Waals surface area contributed by atoms with Crippen LogP contribution >= 0.6 is 0 Å². The van der Waals surface area contributed by atoms with Gasteiger partial charge in [0.2, 0.25) is 0 Å². The topological polar surface area (TPSA) is 67.1 Å². The Morgan fingerprint density at radius 3 is 2.76 bits per heavy atom. The van der Waals surface area contributed by atoms with Crippen LogP contribution in [0, 0.1) is 6.92 Å². The first kappa shape index (κ1) is 17.5. The van der Waals surface area contributed by atoms with Gasteiger partial charge in [-0.05, 0) is 32.3 Å². The summed E-state index contributed by atoms with van der Waals surface area (Å²) in [5.74, 6) is 2.93. The number of rotatable bonds is 5. The lowest BCUT2D eigenvalue weighted by Crippen LogP contribution is -2.37. The predicted octanol–water partition coefficient (Wildman–Crippen LogP) is 2.57. The van der Waals surface area contributed by atoms with E-state index in [1.807, 2.05) is 0 Å². The van der Waals surface area contributed by atoms with Gasteiger partial charge in [0.05, 0.1) is 13.1 Å². The molecule has 2 N–H and O–H groups in total. The van der Waals surface area contributed by atoms with Crippen molar-refractivity contribution in [2.24, 2.45) is 4.99 Å². The fourth-order valence-corrected chi connectivity index (χ4v) is 3.04. The molecule has 6 nitrogen and oxygen atoms in total.